The molecule has 0 aliphatic carbocycles. The number of H-pyrrole nitrogens is 1. The molecule has 1 amide bonds. The maximum Gasteiger partial charge on any atom is 0.255 e. The number of pyridine rings is 1. The van der Waals surface area contributed by atoms with Gasteiger partial charge in [-0.1, -0.05) is 24.3 Å². The fraction of sp³-hybridized carbons (Fsp3) is 0.0476. The second-order valence-corrected chi connectivity index (χ2v) is 5.99. The number of aryl methyl sites for hydroxylation is 1. The molecule has 0 saturated heterocycles. The molecule has 0 fully saturated rings. The van der Waals surface area contributed by atoms with Gasteiger partial charge in [0, 0.05) is 17.1 Å². The van der Waals surface area contributed by atoms with Crippen LogP contribution in [-0.4, -0.2) is 15.9 Å². The second kappa shape index (κ2) is 6.24. The zero-order chi connectivity index (χ0) is 17.2. The zero-order valence-corrected chi connectivity index (χ0v) is 13.8. The maximum atomic E-state index is 12.5. The standard InChI is InChI=1S/C21H17N3O/c1-14-11-16-13-18(17-9-5-6-10-22-17)23-20(16)19(12-14)24-21(25)15-7-3-2-4-8-15/h2-13,23H,1H3,(H,24,25). The van der Waals surface area contributed by atoms with Crippen molar-refractivity contribution in [2.24, 2.45) is 0 Å². The molecule has 4 rings (SSSR count). The number of benzene rings is 2. The van der Waals surface area contributed by atoms with Crippen LogP contribution in [-0.2, 0) is 0 Å². The van der Waals surface area contributed by atoms with Crippen LogP contribution in [0.5, 0.6) is 0 Å². The van der Waals surface area contributed by atoms with Crippen molar-refractivity contribution >= 4 is 22.5 Å². The summed E-state index contributed by atoms with van der Waals surface area (Å²) in [6.07, 6.45) is 1.77. The van der Waals surface area contributed by atoms with E-state index in [1.165, 1.54) is 0 Å². The van der Waals surface area contributed by atoms with E-state index in [-0.39, 0.29) is 5.91 Å². The first kappa shape index (κ1) is 15.1. The van der Waals surface area contributed by atoms with Gasteiger partial charge in [-0.2, -0.15) is 0 Å². The minimum atomic E-state index is -0.124. The third-order valence-electron chi connectivity index (χ3n) is 4.10. The highest BCUT2D eigenvalue weighted by Crippen LogP contribution is 2.29. The molecule has 0 aliphatic heterocycles. The number of aromatic nitrogens is 2. The number of carbonyl (C=O) groups excluding carboxylic acids is 1. The largest absolute Gasteiger partial charge is 0.352 e. The average molecular weight is 327 g/mol. The Bertz CT molecular complexity index is 1040. The van der Waals surface area contributed by atoms with Gasteiger partial charge >= 0.3 is 0 Å². The van der Waals surface area contributed by atoms with Crippen molar-refractivity contribution in [3.05, 3.63) is 84.1 Å². The number of rotatable bonds is 3. The van der Waals surface area contributed by atoms with Crippen LogP contribution in [0.25, 0.3) is 22.3 Å². The Balaban J connectivity index is 1.76. The van der Waals surface area contributed by atoms with Crippen LogP contribution in [0.4, 0.5) is 5.69 Å². The van der Waals surface area contributed by atoms with E-state index < -0.39 is 0 Å². The molecule has 4 aromatic rings. The Morgan fingerprint density at radius 3 is 2.56 bits per heavy atom. The zero-order valence-electron chi connectivity index (χ0n) is 13.8. The number of hydrogen-bond donors (Lipinski definition) is 2. The van der Waals surface area contributed by atoms with Gasteiger partial charge in [0.25, 0.3) is 5.91 Å². The predicted octanol–water partition coefficient (Wildman–Crippen LogP) is 4.79. The highest BCUT2D eigenvalue weighted by molar-refractivity contribution is 6.09. The van der Waals surface area contributed by atoms with Crippen molar-refractivity contribution in [1.29, 1.82) is 0 Å². The fourth-order valence-electron chi connectivity index (χ4n) is 2.94. The minimum Gasteiger partial charge on any atom is -0.352 e. The lowest BCUT2D eigenvalue weighted by molar-refractivity contribution is 0.102. The predicted molar refractivity (Wildman–Crippen MR) is 101 cm³/mol. The minimum absolute atomic E-state index is 0.124. The number of fused-ring (bicyclic) bond motifs is 1. The van der Waals surface area contributed by atoms with E-state index in [1.807, 2.05) is 49.4 Å². The monoisotopic (exact) mass is 327 g/mol. The lowest BCUT2D eigenvalue weighted by Gasteiger charge is -2.08. The third-order valence-corrected chi connectivity index (χ3v) is 4.10. The normalized spacial score (nSPS) is 10.8. The molecule has 4 heteroatoms. The first-order chi connectivity index (χ1) is 12.2. The van der Waals surface area contributed by atoms with Crippen LogP contribution in [0.2, 0.25) is 0 Å². The Hall–Kier alpha value is -3.40. The van der Waals surface area contributed by atoms with Gasteiger partial charge in [-0.05, 0) is 55.0 Å². The van der Waals surface area contributed by atoms with Crippen LogP contribution >= 0.6 is 0 Å². The summed E-state index contributed by atoms with van der Waals surface area (Å²) in [7, 11) is 0. The number of aromatic amines is 1. The van der Waals surface area contributed by atoms with Crippen molar-refractivity contribution in [1.82, 2.24) is 9.97 Å². The summed E-state index contributed by atoms with van der Waals surface area (Å²) in [4.78, 5) is 20.3. The van der Waals surface area contributed by atoms with Crippen molar-refractivity contribution in [2.45, 2.75) is 6.92 Å². The third kappa shape index (κ3) is 3.02. The molecule has 0 spiro atoms. The molecular weight excluding hydrogens is 310 g/mol. The summed E-state index contributed by atoms with van der Waals surface area (Å²) in [6, 6.07) is 21.1. The van der Waals surface area contributed by atoms with Gasteiger partial charge in [-0.25, -0.2) is 0 Å². The lowest BCUT2D eigenvalue weighted by Crippen LogP contribution is -2.12. The first-order valence-corrected chi connectivity index (χ1v) is 8.12. The van der Waals surface area contributed by atoms with Gasteiger partial charge in [-0.15, -0.1) is 0 Å². The molecule has 2 aromatic carbocycles. The average Bonchev–Trinajstić information content (AvgIpc) is 3.07. The number of nitrogens with zero attached hydrogens (tertiary/aromatic N) is 1. The molecule has 2 aromatic heterocycles. The molecule has 4 nitrogen and oxygen atoms in total. The number of amides is 1. The summed E-state index contributed by atoms with van der Waals surface area (Å²) >= 11 is 0. The maximum absolute atomic E-state index is 12.5. The molecule has 25 heavy (non-hydrogen) atoms. The molecule has 0 bridgehead atoms. The Morgan fingerprint density at radius 1 is 1.00 bits per heavy atom. The molecule has 0 unspecified atom stereocenters. The van der Waals surface area contributed by atoms with Gasteiger partial charge in [0.1, 0.15) is 0 Å². The van der Waals surface area contributed by atoms with Crippen LogP contribution in [0, 0.1) is 6.92 Å². The molecule has 0 atom stereocenters. The van der Waals surface area contributed by atoms with Crippen LogP contribution in [0.3, 0.4) is 0 Å². The van der Waals surface area contributed by atoms with Crippen LogP contribution < -0.4 is 5.32 Å². The van der Waals surface area contributed by atoms with E-state index in [1.54, 1.807) is 18.3 Å². The second-order valence-electron chi connectivity index (χ2n) is 5.99. The van der Waals surface area contributed by atoms with E-state index in [2.05, 4.69) is 27.4 Å². The lowest BCUT2D eigenvalue weighted by atomic mass is 10.1. The van der Waals surface area contributed by atoms with Crippen molar-refractivity contribution < 1.29 is 4.79 Å². The molecule has 122 valence electrons. The van der Waals surface area contributed by atoms with Crippen molar-refractivity contribution in [2.75, 3.05) is 5.32 Å². The SMILES string of the molecule is Cc1cc(NC(=O)c2ccccc2)c2[nH]c(-c3ccccn3)cc2c1. The van der Waals surface area contributed by atoms with Gasteiger partial charge in [0.15, 0.2) is 0 Å². The molecule has 2 heterocycles. The van der Waals surface area contributed by atoms with E-state index in [4.69, 9.17) is 0 Å². The summed E-state index contributed by atoms with van der Waals surface area (Å²) in [5.41, 5.74) is 5.19. The summed E-state index contributed by atoms with van der Waals surface area (Å²) in [5.74, 6) is -0.124. The van der Waals surface area contributed by atoms with Gasteiger partial charge < -0.3 is 10.3 Å². The first-order valence-electron chi connectivity index (χ1n) is 8.12. The van der Waals surface area contributed by atoms with Crippen molar-refractivity contribution in [3.63, 3.8) is 0 Å². The summed E-state index contributed by atoms with van der Waals surface area (Å²) in [6.45, 7) is 2.02. The highest BCUT2D eigenvalue weighted by Gasteiger charge is 2.12. The number of hydrogen-bond acceptors (Lipinski definition) is 2. The molecule has 0 saturated carbocycles. The Labute approximate surface area is 145 Å². The molecule has 2 N–H and O–H groups in total. The topological polar surface area (TPSA) is 57.8 Å². The smallest absolute Gasteiger partial charge is 0.255 e. The summed E-state index contributed by atoms with van der Waals surface area (Å²) < 4.78 is 0. The number of nitrogens with one attached hydrogen (secondary N) is 2. The summed E-state index contributed by atoms with van der Waals surface area (Å²) in [5, 5.41) is 4.06. The number of anilines is 1. The van der Waals surface area contributed by atoms with E-state index >= 15 is 0 Å². The quantitative estimate of drug-likeness (QED) is 0.568. The Morgan fingerprint density at radius 2 is 1.80 bits per heavy atom. The van der Waals surface area contributed by atoms with E-state index in [0.717, 1.165) is 33.5 Å². The van der Waals surface area contributed by atoms with Crippen LogP contribution in [0.15, 0.2) is 72.9 Å². The van der Waals surface area contributed by atoms with Gasteiger partial charge in [0.2, 0.25) is 0 Å². The molecular formula is C21H17N3O. The van der Waals surface area contributed by atoms with E-state index in [0.29, 0.717) is 5.56 Å². The van der Waals surface area contributed by atoms with Crippen molar-refractivity contribution in [3.8, 4) is 11.4 Å². The van der Waals surface area contributed by atoms with Crippen LogP contribution in [0.1, 0.15) is 15.9 Å². The highest BCUT2D eigenvalue weighted by atomic mass is 16.1. The molecule has 0 radical (unpaired) electrons. The molecule has 0 aliphatic rings. The van der Waals surface area contributed by atoms with Gasteiger partial charge in [0.05, 0.1) is 22.6 Å². The Kier molecular flexibility index (Phi) is 3.78. The fourth-order valence-corrected chi connectivity index (χ4v) is 2.94. The number of carbonyl (C=O) groups is 1. The van der Waals surface area contributed by atoms with E-state index in [9.17, 15) is 4.79 Å². The van der Waals surface area contributed by atoms with Gasteiger partial charge in [-0.3, -0.25) is 9.78 Å².